The number of nitrogen functional groups attached to an aromatic ring is 1. The maximum absolute atomic E-state index is 5.99. The normalized spacial score (nSPS) is 10.8. The molecule has 0 amide bonds. The minimum Gasteiger partial charge on any atom is -0.398 e. The third kappa shape index (κ3) is 2.42. The summed E-state index contributed by atoms with van der Waals surface area (Å²) >= 11 is 1.72. The number of aromatic nitrogens is 1. The molecule has 2 N–H and O–H groups in total. The molecule has 0 spiro atoms. The number of nitrogens with zero attached hydrogens (tertiary/aromatic N) is 1. The van der Waals surface area contributed by atoms with E-state index in [1.54, 1.807) is 11.8 Å². The maximum atomic E-state index is 5.99. The van der Waals surface area contributed by atoms with E-state index in [0.29, 0.717) is 0 Å². The number of pyridine rings is 1. The van der Waals surface area contributed by atoms with Gasteiger partial charge in [0.25, 0.3) is 0 Å². The average Bonchev–Trinajstić information content (AvgIpc) is 2.42. The van der Waals surface area contributed by atoms with E-state index in [1.165, 1.54) is 10.5 Å². The summed E-state index contributed by atoms with van der Waals surface area (Å²) in [5, 5.41) is 1.01. The first kappa shape index (κ1) is 12.1. The monoisotopic (exact) mass is 266 g/mol. The third-order valence-electron chi connectivity index (χ3n) is 2.98. The SMILES string of the molecule is Cc1cccc(Sc2ccc(N)c3cccnc23)c1. The van der Waals surface area contributed by atoms with Crippen LogP contribution >= 0.6 is 11.8 Å². The molecule has 0 radical (unpaired) electrons. The predicted octanol–water partition coefficient (Wildman–Crippen LogP) is 4.28. The van der Waals surface area contributed by atoms with Crippen molar-refractivity contribution in [1.82, 2.24) is 4.98 Å². The highest BCUT2D eigenvalue weighted by atomic mass is 32.2. The molecule has 2 nitrogen and oxygen atoms in total. The Morgan fingerprint density at radius 1 is 1.05 bits per heavy atom. The predicted molar refractivity (Wildman–Crippen MR) is 81.5 cm³/mol. The zero-order valence-electron chi connectivity index (χ0n) is 10.6. The molecule has 0 unspecified atom stereocenters. The Labute approximate surface area is 116 Å². The largest absolute Gasteiger partial charge is 0.398 e. The van der Waals surface area contributed by atoms with Gasteiger partial charge in [0.15, 0.2) is 0 Å². The van der Waals surface area contributed by atoms with Crippen LogP contribution in [0, 0.1) is 6.92 Å². The smallest absolute Gasteiger partial charge is 0.0861 e. The van der Waals surface area contributed by atoms with Crippen LogP contribution < -0.4 is 5.73 Å². The first-order valence-corrected chi connectivity index (χ1v) is 6.93. The molecule has 0 aliphatic carbocycles. The zero-order chi connectivity index (χ0) is 13.2. The van der Waals surface area contributed by atoms with Crippen LogP contribution in [0.3, 0.4) is 0 Å². The fourth-order valence-electron chi connectivity index (χ4n) is 2.06. The average molecular weight is 266 g/mol. The Hall–Kier alpha value is -2.00. The van der Waals surface area contributed by atoms with Crippen molar-refractivity contribution in [2.75, 3.05) is 5.73 Å². The summed E-state index contributed by atoms with van der Waals surface area (Å²) in [6.07, 6.45) is 1.81. The second kappa shape index (κ2) is 4.94. The second-order valence-electron chi connectivity index (χ2n) is 4.47. The van der Waals surface area contributed by atoms with E-state index in [1.807, 2.05) is 30.5 Å². The van der Waals surface area contributed by atoms with E-state index in [9.17, 15) is 0 Å². The lowest BCUT2D eigenvalue weighted by atomic mass is 10.2. The molecule has 3 rings (SSSR count). The molecule has 1 heterocycles. The first-order chi connectivity index (χ1) is 9.24. The molecular formula is C16H14N2S. The topological polar surface area (TPSA) is 38.9 Å². The van der Waals surface area contributed by atoms with Gasteiger partial charge in [-0.2, -0.15) is 0 Å². The third-order valence-corrected chi connectivity index (χ3v) is 4.02. The van der Waals surface area contributed by atoms with Crippen molar-refractivity contribution >= 4 is 28.4 Å². The van der Waals surface area contributed by atoms with Crippen LogP contribution in [0.2, 0.25) is 0 Å². The number of nitrogens with two attached hydrogens (primary N) is 1. The minimum absolute atomic E-state index is 0.775. The fourth-order valence-corrected chi connectivity index (χ4v) is 3.10. The van der Waals surface area contributed by atoms with Gasteiger partial charge in [0, 0.05) is 27.1 Å². The number of fused-ring (bicyclic) bond motifs is 1. The number of hydrogen-bond acceptors (Lipinski definition) is 3. The van der Waals surface area contributed by atoms with Crippen molar-refractivity contribution in [1.29, 1.82) is 0 Å². The van der Waals surface area contributed by atoms with Gasteiger partial charge in [-0.25, -0.2) is 0 Å². The van der Waals surface area contributed by atoms with Crippen molar-refractivity contribution in [3.63, 3.8) is 0 Å². The zero-order valence-corrected chi connectivity index (χ0v) is 11.4. The lowest BCUT2D eigenvalue weighted by Gasteiger charge is -2.08. The summed E-state index contributed by atoms with van der Waals surface area (Å²) < 4.78 is 0. The van der Waals surface area contributed by atoms with Crippen molar-refractivity contribution in [3.05, 3.63) is 60.3 Å². The maximum Gasteiger partial charge on any atom is 0.0861 e. The van der Waals surface area contributed by atoms with E-state index in [0.717, 1.165) is 21.5 Å². The summed E-state index contributed by atoms with van der Waals surface area (Å²) in [4.78, 5) is 6.81. The summed E-state index contributed by atoms with van der Waals surface area (Å²) in [6, 6.07) is 16.4. The highest BCUT2D eigenvalue weighted by Gasteiger charge is 2.06. The van der Waals surface area contributed by atoms with Crippen molar-refractivity contribution in [2.45, 2.75) is 16.7 Å². The van der Waals surface area contributed by atoms with Crippen LogP contribution in [0.15, 0.2) is 64.5 Å². The lowest BCUT2D eigenvalue weighted by molar-refractivity contribution is 1.33. The summed E-state index contributed by atoms with van der Waals surface area (Å²) in [7, 11) is 0. The van der Waals surface area contributed by atoms with Crippen molar-refractivity contribution in [3.8, 4) is 0 Å². The van der Waals surface area contributed by atoms with Gasteiger partial charge in [-0.1, -0.05) is 29.5 Å². The van der Waals surface area contributed by atoms with Crippen molar-refractivity contribution in [2.24, 2.45) is 0 Å². The molecule has 0 aliphatic heterocycles. The minimum atomic E-state index is 0.775. The van der Waals surface area contributed by atoms with E-state index in [2.05, 4.69) is 36.2 Å². The van der Waals surface area contributed by atoms with Gasteiger partial charge in [0.2, 0.25) is 0 Å². The Morgan fingerprint density at radius 3 is 2.79 bits per heavy atom. The van der Waals surface area contributed by atoms with Crippen molar-refractivity contribution < 1.29 is 0 Å². The lowest BCUT2D eigenvalue weighted by Crippen LogP contribution is -1.90. The Bertz CT molecular complexity index is 738. The highest BCUT2D eigenvalue weighted by Crippen LogP contribution is 2.34. The van der Waals surface area contributed by atoms with E-state index < -0.39 is 0 Å². The quantitative estimate of drug-likeness (QED) is 0.704. The second-order valence-corrected chi connectivity index (χ2v) is 5.59. The van der Waals surface area contributed by atoms with E-state index in [4.69, 9.17) is 5.73 Å². The molecule has 3 heteroatoms. The number of benzene rings is 2. The van der Waals surface area contributed by atoms with Crippen LogP contribution in [0.5, 0.6) is 0 Å². The number of rotatable bonds is 2. The van der Waals surface area contributed by atoms with Crippen LogP contribution in [-0.4, -0.2) is 4.98 Å². The van der Waals surface area contributed by atoms with Crippen LogP contribution in [0.1, 0.15) is 5.56 Å². The van der Waals surface area contributed by atoms with Crippen LogP contribution in [-0.2, 0) is 0 Å². The van der Waals surface area contributed by atoms with Gasteiger partial charge in [-0.15, -0.1) is 0 Å². The molecule has 0 saturated carbocycles. The standard InChI is InChI=1S/C16H14N2S/c1-11-4-2-5-12(10-11)19-15-8-7-14(17)13-6-3-9-18-16(13)15/h2-10H,17H2,1H3. The Morgan fingerprint density at radius 2 is 1.95 bits per heavy atom. The van der Waals surface area contributed by atoms with E-state index in [-0.39, 0.29) is 0 Å². The molecule has 0 fully saturated rings. The van der Waals surface area contributed by atoms with Gasteiger partial charge in [-0.3, -0.25) is 4.98 Å². The molecule has 1 aromatic heterocycles. The molecule has 19 heavy (non-hydrogen) atoms. The molecular weight excluding hydrogens is 252 g/mol. The summed E-state index contributed by atoms with van der Waals surface area (Å²) in [6.45, 7) is 2.10. The molecule has 0 aliphatic rings. The number of aryl methyl sites for hydroxylation is 1. The Balaban J connectivity index is 2.09. The molecule has 2 aromatic carbocycles. The van der Waals surface area contributed by atoms with E-state index >= 15 is 0 Å². The van der Waals surface area contributed by atoms with Gasteiger partial charge in [0.1, 0.15) is 0 Å². The Kier molecular flexibility index (Phi) is 3.13. The van der Waals surface area contributed by atoms with Gasteiger partial charge in [0.05, 0.1) is 5.52 Å². The number of hydrogen-bond donors (Lipinski definition) is 1. The van der Waals surface area contributed by atoms with Gasteiger partial charge < -0.3 is 5.73 Å². The fraction of sp³-hybridized carbons (Fsp3) is 0.0625. The summed E-state index contributed by atoms with van der Waals surface area (Å²) in [5.74, 6) is 0. The van der Waals surface area contributed by atoms with Gasteiger partial charge in [-0.05, 0) is 43.3 Å². The number of anilines is 1. The molecule has 3 aromatic rings. The first-order valence-electron chi connectivity index (χ1n) is 6.12. The molecule has 94 valence electrons. The highest BCUT2D eigenvalue weighted by molar-refractivity contribution is 7.99. The molecule has 0 bridgehead atoms. The molecule has 0 saturated heterocycles. The van der Waals surface area contributed by atoms with Crippen LogP contribution in [0.4, 0.5) is 5.69 Å². The molecule has 0 atom stereocenters. The van der Waals surface area contributed by atoms with Gasteiger partial charge >= 0.3 is 0 Å². The van der Waals surface area contributed by atoms with Crippen LogP contribution in [0.25, 0.3) is 10.9 Å². The summed E-state index contributed by atoms with van der Waals surface area (Å²) in [5.41, 5.74) is 9.00.